The van der Waals surface area contributed by atoms with Gasteiger partial charge in [-0.2, -0.15) is 0 Å². The van der Waals surface area contributed by atoms with Gasteiger partial charge < -0.3 is 14.4 Å². The molecule has 33 heavy (non-hydrogen) atoms. The zero-order valence-electron chi connectivity index (χ0n) is 18.9. The number of hydrogen-bond donors (Lipinski definition) is 0. The summed E-state index contributed by atoms with van der Waals surface area (Å²) in [5, 5.41) is 2.91. The Hall–Kier alpha value is -2.74. The van der Waals surface area contributed by atoms with Crippen LogP contribution in [0.3, 0.4) is 0 Å². The molecule has 2 aliphatic heterocycles. The average molecular weight is 468 g/mol. The van der Waals surface area contributed by atoms with E-state index in [4.69, 9.17) is 9.47 Å². The van der Waals surface area contributed by atoms with Gasteiger partial charge in [-0.1, -0.05) is 6.08 Å². The van der Waals surface area contributed by atoms with Gasteiger partial charge in [0.15, 0.2) is 0 Å². The summed E-state index contributed by atoms with van der Waals surface area (Å²) in [6.45, 7) is 5.53. The van der Waals surface area contributed by atoms with Crippen molar-refractivity contribution in [2.24, 2.45) is 29.6 Å². The molecule has 8 heteroatoms. The molecular weight excluding hydrogens is 438 g/mol. The van der Waals surface area contributed by atoms with Crippen LogP contribution in [0.5, 0.6) is 0 Å². The minimum Gasteiger partial charge on any atom is -0.462 e. The van der Waals surface area contributed by atoms with Crippen LogP contribution in [0.15, 0.2) is 36.0 Å². The number of aromatic nitrogens is 2. The molecule has 2 aromatic rings. The van der Waals surface area contributed by atoms with Crippen molar-refractivity contribution in [2.45, 2.75) is 32.8 Å². The topological polar surface area (TPSA) is 81.6 Å². The van der Waals surface area contributed by atoms with Gasteiger partial charge in [0.2, 0.25) is 0 Å². The highest BCUT2D eigenvalue weighted by Gasteiger charge is 2.54. The molecule has 2 saturated heterocycles. The number of nitrogens with zero attached hydrogens (tertiary/aromatic N) is 3. The fourth-order valence-electron chi connectivity index (χ4n) is 5.94. The van der Waals surface area contributed by atoms with E-state index < -0.39 is 0 Å². The summed E-state index contributed by atoms with van der Waals surface area (Å²) in [7, 11) is 0. The van der Waals surface area contributed by atoms with Crippen molar-refractivity contribution in [3.63, 3.8) is 0 Å². The third kappa shape index (κ3) is 4.28. The Bertz CT molecular complexity index is 1020. The Kier molecular flexibility index (Phi) is 6.19. The van der Waals surface area contributed by atoms with Crippen LogP contribution in [0.1, 0.15) is 32.4 Å². The number of cyclic esters (lactones) is 1. The normalized spacial score (nSPS) is 31.2. The van der Waals surface area contributed by atoms with Crippen molar-refractivity contribution in [3.8, 4) is 10.6 Å². The van der Waals surface area contributed by atoms with Crippen molar-refractivity contribution in [1.82, 2.24) is 14.9 Å². The van der Waals surface area contributed by atoms with Crippen LogP contribution in [-0.2, 0) is 14.3 Å². The van der Waals surface area contributed by atoms with Crippen LogP contribution in [0.4, 0.5) is 4.79 Å². The molecule has 0 bridgehead atoms. The molecule has 1 amide bonds. The number of hydrogen-bond acceptors (Lipinski definition) is 7. The number of piperidine rings is 1. The minimum absolute atomic E-state index is 0.0940. The summed E-state index contributed by atoms with van der Waals surface area (Å²) < 4.78 is 10.9. The van der Waals surface area contributed by atoms with Gasteiger partial charge in [-0.05, 0) is 62.7 Å². The van der Waals surface area contributed by atoms with E-state index in [1.165, 1.54) is 0 Å². The molecule has 0 aromatic carbocycles. The first-order valence-electron chi connectivity index (χ1n) is 11.7. The quantitative estimate of drug-likeness (QED) is 0.616. The first-order valence-corrected chi connectivity index (χ1v) is 12.6. The lowest BCUT2D eigenvalue weighted by Gasteiger charge is -2.48. The summed E-state index contributed by atoms with van der Waals surface area (Å²) in [5.41, 5.74) is 1.89. The molecule has 0 N–H and O–H groups in total. The van der Waals surface area contributed by atoms with E-state index >= 15 is 0 Å². The van der Waals surface area contributed by atoms with Crippen LogP contribution in [0.2, 0.25) is 0 Å². The molecule has 2 aromatic heterocycles. The van der Waals surface area contributed by atoms with Gasteiger partial charge in [0, 0.05) is 42.3 Å². The fraction of sp³-hybridized carbons (Fsp3) is 0.520. The van der Waals surface area contributed by atoms with Crippen LogP contribution in [0.25, 0.3) is 16.6 Å². The minimum atomic E-state index is -0.253. The first-order chi connectivity index (χ1) is 16.0. The molecule has 6 atom stereocenters. The van der Waals surface area contributed by atoms with E-state index in [-0.39, 0.29) is 41.8 Å². The number of allylic oxidation sites excluding steroid dienone is 1. The number of carbonyl (C=O) groups excluding carboxylic acids is 2. The van der Waals surface area contributed by atoms with Crippen molar-refractivity contribution < 1.29 is 19.1 Å². The smallest absolute Gasteiger partial charge is 0.409 e. The Morgan fingerprint density at radius 3 is 2.97 bits per heavy atom. The second kappa shape index (κ2) is 9.25. The number of carbonyl (C=O) groups is 2. The number of pyridine rings is 1. The number of ether oxygens (including phenoxy) is 2. The van der Waals surface area contributed by atoms with Crippen LogP contribution in [0, 0.1) is 29.6 Å². The zero-order chi connectivity index (χ0) is 22.9. The number of fused-ring (bicyclic) bond motifs is 2. The number of esters is 1. The highest BCUT2D eigenvalue weighted by molar-refractivity contribution is 7.13. The summed E-state index contributed by atoms with van der Waals surface area (Å²) in [6, 6.07) is 4.05. The van der Waals surface area contributed by atoms with Crippen molar-refractivity contribution in [2.75, 3.05) is 19.7 Å². The van der Waals surface area contributed by atoms with E-state index in [0.717, 1.165) is 29.1 Å². The Morgan fingerprint density at radius 2 is 2.24 bits per heavy atom. The lowest BCUT2D eigenvalue weighted by Crippen LogP contribution is -2.51. The van der Waals surface area contributed by atoms with Gasteiger partial charge >= 0.3 is 12.1 Å². The van der Waals surface area contributed by atoms with E-state index in [1.807, 2.05) is 37.6 Å². The highest BCUT2D eigenvalue weighted by atomic mass is 32.1. The van der Waals surface area contributed by atoms with E-state index in [2.05, 4.69) is 22.1 Å². The van der Waals surface area contributed by atoms with Crippen LogP contribution >= 0.6 is 11.3 Å². The van der Waals surface area contributed by atoms with Gasteiger partial charge in [0.25, 0.3) is 0 Å². The Labute approximate surface area is 197 Å². The molecule has 1 saturated carbocycles. The Morgan fingerprint density at radius 1 is 1.36 bits per heavy atom. The van der Waals surface area contributed by atoms with Gasteiger partial charge in [-0.25, -0.2) is 9.78 Å². The molecule has 1 aliphatic carbocycles. The molecule has 174 valence electrons. The first kappa shape index (κ1) is 22.1. The molecule has 0 unspecified atom stereocenters. The molecule has 5 rings (SSSR count). The molecule has 0 spiro atoms. The fourth-order valence-corrected chi connectivity index (χ4v) is 6.57. The van der Waals surface area contributed by atoms with Crippen molar-refractivity contribution in [3.05, 3.63) is 41.7 Å². The molecule has 0 radical (unpaired) electrons. The molecule has 7 nitrogen and oxygen atoms in total. The monoisotopic (exact) mass is 467 g/mol. The van der Waals surface area contributed by atoms with Crippen molar-refractivity contribution >= 4 is 29.5 Å². The number of likely N-dealkylation sites (tertiary alicyclic amines) is 1. The SMILES string of the molecule is CCOC(=O)N1CC[C@@H]2[C@H](C[C@H]3C(=O)O[C@H](C)[C@H]3[C@H]2/C=C/c2ccc(-c3nccs3)cn2)C1. The third-order valence-corrected chi connectivity index (χ3v) is 8.20. The number of rotatable bonds is 4. The maximum Gasteiger partial charge on any atom is 0.409 e. The second-order valence-electron chi connectivity index (χ2n) is 9.16. The molecule has 3 fully saturated rings. The second-order valence-corrected chi connectivity index (χ2v) is 10.1. The predicted molar refractivity (Wildman–Crippen MR) is 125 cm³/mol. The summed E-state index contributed by atoms with van der Waals surface area (Å²) >= 11 is 1.59. The predicted octanol–water partition coefficient (Wildman–Crippen LogP) is 4.51. The lowest BCUT2D eigenvalue weighted by atomic mass is 9.59. The molecular formula is C25H29N3O4S. The number of amides is 1. The largest absolute Gasteiger partial charge is 0.462 e. The van der Waals surface area contributed by atoms with Crippen molar-refractivity contribution in [1.29, 1.82) is 0 Å². The third-order valence-electron chi connectivity index (χ3n) is 7.38. The van der Waals surface area contributed by atoms with Gasteiger partial charge in [-0.3, -0.25) is 9.78 Å². The summed E-state index contributed by atoms with van der Waals surface area (Å²) in [4.78, 5) is 35.7. The standard InChI is InChI=1S/C25H29N3O4S/c1-3-31-25(30)28-10-8-19-17(14-28)12-21-22(15(2)32-24(21)29)20(19)7-6-18-5-4-16(13-27-18)23-26-9-11-33-23/h4-7,9,11,13,15,17,19-22H,3,8,10,12,14H2,1-2H3/b7-6+/t15-,17-,19-,20+,21-,22+/m1/s1. The van der Waals surface area contributed by atoms with Gasteiger partial charge in [0.1, 0.15) is 11.1 Å². The van der Waals surface area contributed by atoms with Gasteiger partial charge in [0.05, 0.1) is 18.2 Å². The average Bonchev–Trinajstić information content (AvgIpc) is 3.45. The molecule has 4 heterocycles. The van der Waals surface area contributed by atoms with Crippen LogP contribution < -0.4 is 0 Å². The van der Waals surface area contributed by atoms with E-state index in [1.54, 1.807) is 22.4 Å². The highest BCUT2D eigenvalue weighted by Crippen LogP contribution is 2.51. The van der Waals surface area contributed by atoms with Gasteiger partial charge in [-0.15, -0.1) is 11.3 Å². The zero-order valence-corrected chi connectivity index (χ0v) is 19.7. The maximum absolute atomic E-state index is 12.6. The Balaban J connectivity index is 1.37. The lowest BCUT2D eigenvalue weighted by molar-refractivity contribution is -0.144. The number of thiazole rings is 1. The summed E-state index contributed by atoms with van der Waals surface area (Å²) in [6.07, 6.45) is 9.29. The van der Waals surface area contributed by atoms with E-state index in [0.29, 0.717) is 25.6 Å². The molecule has 3 aliphatic rings. The van der Waals surface area contributed by atoms with Crippen LogP contribution in [-0.4, -0.2) is 52.7 Å². The van der Waals surface area contributed by atoms with E-state index in [9.17, 15) is 9.59 Å². The maximum atomic E-state index is 12.6. The summed E-state index contributed by atoms with van der Waals surface area (Å²) in [5.74, 6) is 0.831.